The van der Waals surface area contributed by atoms with Crippen molar-refractivity contribution in [1.82, 2.24) is 0 Å². The minimum absolute atomic E-state index is 0.143. The minimum Gasteiger partial charge on any atom is -0.462 e. The van der Waals surface area contributed by atoms with E-state index in [1.54, 1.807) is 0 Å². The first-order chi connectivity index (χ1) is 28.8. The average molecular weight is 827 g/mol. The molecule has 0 aromatic carbocycles. The van der Waals surface area contributed by atoms with Gasteiger partial charge in [0, 0.05) is 12.8 Å². The van der Waals surface area contributed by atoms with Gasteiger partial charge in [0.25, 0.3) is 0 Å². The fourth-order valence-electron chi connectivity index (χ4n) is 6.00. The van der Waals surface area contributed by atoms with E-state index in [1.807, 2.05) is 6.08 Å². The van der Waals surface area contributed by atoms with E-state index < -0.39 is 55.4 Å². The Morgan fingerprint density at radius 1 is 0.525 bits per heavy atom. The molecule has 1 heterocycles. The monoisotopic (exact) mass is 827 g/mol. The fraction of sp³-hybridized carbons (Fsp3) is 0.633. The van der Waals surface area contributed by atoms with E-state index >= 15 is 0 Å². The van der Waals surface area contributed by atoms with E-state index in [2.05, 4.69) is 105 Å². The summed E-state index contributed by atoms with van der Waals surface area (Å²) in [6.07, 6.45) is 44.1. The summed E-state index contributed by atoms with van der Waals surface area (Å²) in [5.41, 5.74) is 0. The molecule has 1 saturated heterocycles. The van der Waals surface area contributed by atoms with Crippen LogP contribution in [0.2, 0.25) is 0 Å². The standard InChI is InChI=1S/C49H78O10/c1-3-5-7-9-11-13-15-17-19-21-23-25-27-29-31-33-35-37-44(51)56-40-42(41-57-49-48(55)47(54)46(53)43(39-50)59-49)58-45(52)38-36-34-32-30-28-26-24-22-20-18-16-14-12-10-8-6-4-2/h5-8,11-14,17-20,24,26,30,32,42-43,46-50,53-55H,3-4,9-10,15-16,21-23,25,27-29,31,33-41H2,1-2H3/b7-5-,8-6-,13-11-,14-12-,19-17-,20-18-,26-24-,32-30-. The Morgan fingerprint density at radius 2 is 0.966 bits per heavy atom. The van der Waals surface area contributed by atoms with E-state index in [0.717, 1.165) is 77.0 Å². The van der Waals surface area contributed by atoms with Gasteiger partial charge in [-0.2, -0.15) is 0 Å². The van der Waals surface area contributed by atoms with Gasteiger partial charge < -0.3 is 39.4 Å². The molecule has 0 aliphatic carbocycles. The summed E-state index contributed by atoms with van der Waals surface area (Å²) in [4.78, 5) is 25.3. The Labute approximate surface area is 356 Å². The van der Waals surface area contributed by atoms with Gasteiger partial charge in [-0.15, -0.1) is 0 Å². The number of aliphatic hydroxyl groups excluding tert-OH is 4. The Morgan fingerprint density at radius 3 is 1.47 bits per heavy atom. The number of allylic oxidation sites excluding steroid dienone is 16. The molecule has 0 bridgehead atoms. The van der Waals surface area contributed by atoms with Crippen molar-refractivity contribution < 1.29 is 49.0 Å². The predicted octanol–water partition coefficient (Wildman–Crippen LogP) is 9.55. The smallest absolute Gasteiger partial charge is 0.306 e. The molecular formula is C49H78O10. The Kier molecular flexibility index (Phi) is 35.3. The average Bonchev–Trinajstić information content (AvgIpc) is 3.23. The summed E-state index contributed by atoms with van der Waals surface area (Å²) in [5, 5.41) is 40.1. The second-order valence-corrected chi connectivity index (χ2v) is 14.7. The number of unbranched alkanes of at least 4 members (excludes halogenated alkanes) is 8. The van der Waals surface area contributed by atoms with E-state index in [0.29, 0.717) is 19.3 Å². The third-order valence-electron chi connectivity index (χ3n) is 9.46. The van der Waals surface area contributed by atoms with Crippen molar-refractivity contribution in [2.45, 2.75) is 179 Å². The van der Waals surface area contributed by atoms with Crippen LogP contribution in [0.15, 0.2) is 97.2 Å². The van der Waals surface area contributed by atoms with Gasteiger partial charge in [-0.25, -0.2) is 0 Å². The molecule has 0 amide bonds. The van der Waals surface area contributed by atoms with Gasteiger partial charge in [-0.3, -0.25) is 9.59 Å². The van der Waals surface area contributed by atoms with Crippen molar-refractivity contribution in [1.29, 1.82) is 0 Å². The van der Waals surface area contributed by atoms with E-state index in [-0.39, 0.29) is 26.1 Å². The van der Waals surface area contributed by atoms with Gasteiger partial charge in [0.2, 0.25) is 0 Å². The van der Waals surface area contributed by atoms with Crippen molar-refractivity contribution in [3.05, 3.63) is 97.2 Å². The van der Waals surface area contributed by atoms with Crippen LogP contribution in [0.5, 0.6) is 0 Å². The normalized spacial score (nSPS) is 20.9. The van der Waals surface area contributed by atoms with Crippen LogP contribution < -0.4 is 0 Å². The Bertz CT molecular complexity index is 1280. The molecule has 6 unspecified atom stereocenters. The van der Waals surface area contributed by atoms with Gasteiger partial charge in [0.05, 0.1) is 13.2 Å². The Balaban J connectivity index is 2.39. The third-order valence-corrected chi connectivity index (χ3v) is 9.46. The van der Waals surface area contributed by atoms with E-state index in [1.165, 1.54) is 19.3 Å². The quantitative estimate of drug-likeness (QED) is 0.0276. The van der Waals surface area contributed by atoms with Crippen molar-refractivity contribution in [3.63, 3.8) is 0 Å². The highest BCUT2D eigenvalue weighted by molar-refractivity contribution is 5.70. The number of hydrogen-bond acceptors (Lipinski definition) is 10. The summed E-state index contributed by atoms with van der Waals surface area (Å²) in [6, 6.07) is 0. The molecular weight excluding hydrogens is 749 g/mol. The maximum atomic E-state index is 12.8. The van der Waals surface area contributed by atoms with Gasteiger partial charge in [0.15, 0.2) is 12.4 Å². The largest absolute Gasteiger partial charge is 0.462 e. The van der Waals surface area contributed by atoms with Crippen LogP contribution in [0.4, 0.5) is 0 Å². The van der Waals surface area contributed by atoms with Crippen LogP contribution in [-0.2, 0) is 28.5 Å². The van der Waals surface area contributed by atoms with Crippen LogP contribution in [-0.4, -0.2) is 89.0 Å². The summed E-state index contributed by atoms with van der Waals surface area (Å²) < 4.78 is 22.1. The number of rotatable bonds is 35. The van der Waals surface area contributed by atoms with Crippen LogP contribution in [0.1, 0.15) is 142 Å². The molecule has 334 valence electrons. The molecule has 0 saturated carbocycles. The summed E-state index contributed by atoms with van der Waals surface area (Å²) in [7, 11) is 0. The highest BCUT2D eigenvalue weighted by Gasteiger charge is 2.44. The molecule has 1 rings (SSSR count). The molecule has 1 fully saturated rings. The van der Waals surface area contributed by atoms with Gasteiger partial charge >= 0.3 is 11.9 Å². The number of aliphatic hydroxyl groups is 4. The van der Waals surface area contributed by atoms with Crippen molar-refractivity contribution in [2.75, 3.05) is 19.8 Å². The number of hydrogen-bond donors (Lipinski definition) is 4. The lowest BCUT2D eigenvalue weighted by atomic mass is 9.99. The summed E-state index contributed by atoms with van der Waals surface area (Å²) in [6.45, 7) is 3.11. The lowest BCUT2D eigenvalue weighted by Gasteiger charge is -2.39. The van der Waals surface area contributed by atoms with Gasteiger partial charge in [-0.1, -0.05) is 143 Å². The summed E-state index contributed by atoms with van der Waals surface area (Å²) >= 11 is 0. The third kappa shape index (κ3) is 30.3. The van der Waals surface area contributed by atoms with Crippen molar-refractivity contribution >= 4 is 11.9 Å². The van der Waals surface area contributed by atoms with Crippen molar-refractivity contribution in [3.8, 4) is 0 Å². The van der Waals surface area contributed by atoms with E-state index in [4.69, 9.17) is 18.9 Å². The molecule has 0 aromatic rings. The van der Waals surface area contributed by atoms with E-state index in [9.17, 15) is 30.0 Å². The maximum Gasteiger partial charge on any atom is 0.306 e. The second kappa shape index (κ2) is 38.8. The maximum absolute atomic E-state index is 12.8. The lowest BCUT2D eigenvalue weighted by molar-refractivity contribution is -0.305. The number of carbonyl (C=O) groups excluding carboxylic acids is 2. The highest BCUT2D eigenvalue weighted by atomic mass is 16.7. The zero-order chi connectivity index (χ0) is 43.0. The summed E-state index contributed by atoms with van der Waals surface area (Å²) in [5.74, 6) is -0.897. The first-order valence-corrected chi connectivity index (χ1v) is 22.3. The second-order valence-electron chi connectivity index (χ2n) is 14.7. The minimum atomic E-state index is -1.61. The SMILES string of the molecule is CC/C=C\C/C=C\C/C=C\C/C=C\C/C=C\CCCC(=O)OC(COC(=O)CCCCCCCCC/C=C\C/C=C\C/C=C\CC)COC1OC(CO)C(O)C(O)C1O. The molecule has 1 aliphatic heterocycles. The molecule has 10 heteroatoms. The van der Waals surface area contributed by atoms with Crippen LogP contribution in [0.3, 0.4) is 0 Å². The fourth-order valence-corrected chi connectivity index (χ4v) is 6.00. The van der Waals surface area contributed by atoms with Crippen LogP contribution in [0, 0.1) is 0 Å². The molecule has 59 heavy (non-hydrogen) atoms. The molecule has 10 nitrogen and oxygen atoms in total. The van der Waals surface area contributed by atoms with Crippen molar-refractivity contribution in [2.24, 2.45) is 0 Å². The number of carbonyl (C=O) groups is 2. The van der Waals surface area contributed by atoms with Crippen LogP contribution >= 0.6 is 0 Å². The highest BCUT2D eigenvalue weighted by Crippen LogP contribution is 2.22. The number of ether oxygens (including phenoxy) is 4. The Hall–Kier alpha value is -3.38. The lowest BCUT2D eigenvalue weighted by Crippen LogP contribution is -2.59. The molecule has 0 spiro atoms. The van der Waals surface area contributed by atoms with Gasteiger partial charge in [-0.05, 0) is 83.5 Å². The molecule has 6 atom stereocenters. The number of esters is 2. The molecule has 0 aromatic heterocycles. The molecule has 4 N–H and O–H groups in total. The predicted molar refractivity (Wildman–Crippen MR) is 237 cm³/mol. The molecule has 0 radical (unpaired) electrons. The van der Waals surface area contributed by atoms with Crippen LogP contribution in [0.25, 0.3) is 0 Å². The zero-order valence-corrected chi connectivity index (χ0v) is 36.2. The molecule has 1 aliphatic rings. The van der Waals surface area contributed by atoms with Gasteiger partial charge in [0.1, 0.15) is 31.0 Å². The first-order valence-electron chi connectivity index (χ1n) is 22.3. The topological polar surface area (TPSA) is 152 Å². The zero-order valence-electron chi connectivity index (χ0n) is 36.2. The first kappa shape index (κ1) is 53.6.